The Labute approximate surface area is 154 Å². The average molecular weight is 345 g/mol. The van der Waals surface area contributed by atoms with Gasteiger partial charge in [-0.2, -0.15) is 0 Å². The molecule has 0 aliphatic heterocycles. The van der Waals surface area contributed by atoms with Gasteiger partial charge in [-0.15, -0.1) is 0 Å². The SMILES string of the molecule is CC.CCCCC(CC)c1ccc(OC(=O)C2CC3CCC2C3)cc1. The van der Waals surface area contributed by atoms with E-state index >= 15 is 0 Å². The highest BCUT2D eigenvalue weighted by Crippen LogP contribution is 2.48. The van der Waals surface area contributed by atoms with Gasteiger partial charge in [0.15, 0.2) is 0 Å². The molecule has 0 N–H and O–H groups in total. The highest BCUT2D eigenvalue weighted by Gasteiger charge is 2.44. The Hall–Kier alpha value is -1.31. The first-order valence-electron chi connectivity index (χ1n) is 10.5. The fourth-order valence-corrected chi connectivity index (χ4v) is 4.59. The van der Waals surface area contributed by atoms with Crippen LogP contribution in [-0.2, 0) is 4.79 Å². The third-order valence-corrected chi connectivity index (χ3v) is 6.01. The van der Waals surface area contributed by atoms with Crippen molar-refractivity contribution < 1.29 is 9.53 Å². The first-order chi connectivity index (χ1) is 12.2. The maximum atomic E-state index is 12.4. The second-order valence-corrected chi connectivity index (χ2v) is 7.52. The van der Waals surface area contributed by atoms with Gasteiger partial charge in [0.2, 0.25) is 0 Å². The molecule has 4 unspecified atom stereocenters. The summed E-state index contributed by atoms with van der Waals surface area (Å²) >= 11 is 0. The molecular weight excluding hydrogens is 308 g/mol. The predicted molar refractivity (Wildman–Crippen MR) is 105 cm³/mol. The van der Waals surface area contributed by atoms with Crippen LogP contribution in [0.25, 0.3) is 0 Å². The number of carbonyl (C=O) groups excluding carboxylic acids is 1. The van der Waals surface area contributed by atoms with Crippen LogP contribution >= 0.6 is 0 Å². The van der Waals surface area contributed by atoms with Gasteiger partial charge in [-0.25, -0.2) is 0 Å². The molecule has 2 bridgehead atoms. The number of carbonyl (C=O) groups is 1. The molecule has 0 amide bonds. The van der Waals surface area contributed by atoms with Crippen molar-refractivity contribution in [3.05, 3.63) is 29.8 Å². The molecule has 140 valence electrons. The van der Waals surface area contributed by atoms with Gasteiger partial charge in [0.1, 0.15) is 5.75 Å². The van der Waals surface area contributed by atoms with E-state index in [1.165, 1.54) is 50.5 Å². The largest absolute Gasteiger partial charge is 0.426 e. The number of ether oxygens (including phenoxy) is 1. The van der Waals surface area contributed by atoms with E-state index in [9.17, 15) is 4.79 Å². The summed E-state index contributed by atoms with van der Waals surface area (Å²) in [5.74, 6) is 2.87. The van der Waals surface area contributed by atoms with Crippen LogP contribution in [-0.4, -0.2) is 5.97 Å². The van der Waals surface area contributed by atoms with E-state index < -0.39 is 0 Å². The maximum Gasteiger partial charge on any atom is 0.314 e. The molecule has 4 atom stereocenters. The minimum atomic E-state index is 0.00275. The maximum absolute atomic E-state index is 12.4. The van der Waals surface area contributed by atoms with Crippen LogP contribution in [0, 0.1) is 17.8 Å². The monoisotopic (exact) mass is 344 g/mol. The molecule has 25 heavy (non-hydrogen) atoms. The molecule has 3 rings (SSSR count). The molecule has 1 aromatic rings. The van der Waals surface area contributed by atoms with Crippen molar-refractivity contribution in [3.8, 4) is 5.75 Å². The molecule has 0 radical (unpaired) electrons. The summed E-state index contributed by atoms with van der Waals surface area (Å²) in [7, 11) is 0. The molecule has 0 heterocycles. The molecule has 0 spiro atoms. The lowest BCUT2D eigenvalue weighted by Gasteiger charge is -2.20. The van der Waals surface area contributed by atoms with Crippen LogP contribution in [0.4, 0.5) is 0 Å². The third kappa shape index (κ3) is 5.09. The second kappa shape index (κ2) is 9.99. The molecule has 2 saturated carbocycles. The van der Waals surface area contributed by atoms with Crippen molar-refractivity contribution in [2.45, 2.75) is 85.0 Å². The summed E-state index contributed by atoms with van der Waals surface area (Å²) in [4.78, 5) is 12.4. The zero-order valence-corrected chi connectivity index (χ0v) is 16.6. The number of hydrogen-bond donors (Lipinski definition) is 0. The van der Waals surface area contributed by atoms with Gasteiger partial charge >= 0.3 is 5.97 Å². The summed E-state index contributed by atoms with van der Waals surface area (Å²) in [6.07, 6.45) is 9.78. The molecule has 2 heteroatoms. The van der Waals surface area contributed by atoms with Crippen LogP contribution in [0.3, 0.4) is 0 Å². The van der Waals surface area contributed by atoms with Crippen molar-refractivity contribution in [2.75, 3.05) is 0 Å². The smallest absolute Gasteiger partial charge is 0.314 e. The number of fused-ring (bicyclic) bond motifs is 2. The molecule has 0 aromatic heterocycles. The molecule has 2 fully saturated rings. The first-order valence-corrected chi connectivity index (χ1v) is 10.5. The summed E-state index contributed by atoms with van der Waals surface area (Å²) in [6.45, 7) is 8.49. The highest BCUT2D eigenvalue weighted by atomic mass is 16.5. The molecule has 2 nitrogen and oxygen atoms in total. The van der Waals surface area contributed by atoms with E-state index in [0.29, 0.717) is 17.6 Å². The minimum Gasteiger partial charge on any atom is -0.426 e. The Kier molecular flexibility index (Phi) is 7.99. The Morgan fingerprint density at radius 1 is 1.12 bits per heavy atom. The zero-order valence-electron chi connectivity index (χ0n) is 16.6. The quantitative estimate of drug-likeness (QED) is 0.404. The van der Waals surface area contributed by atoms with Crippen LogP contribution in [0.5, 0.6) is 5.75 Å². The number of esters is 1. The van der Waals surface area contributed by atoms with Gasteiger partial charge < -0.3 is 4.74 Å². The van der Waals surface area contributed by atoms with Gasteiger partial charge in [0.25, 0.3) is 0 Å². The van der Waals surface area contributed by atoms with E-state index in [4.69, 9.17) is 4.74 Å². The summed E-state index contributed by atoms with van der Waals surface area (Å²) in [5, 5.41) is 0. The van der Waals surface area contributed by atoms with Gasteiger partial charge in [-0.05, 0) is 67.6 Å². The van der Waals surface area contributed by atoms with Crippen molar-refractivity contribution in [1.82, 2.24) is 0 Å². The van der Waals surface area contributed by atoms with Crippen molar-refractivity contribution in [2.24, 2.45) is 17.8 Å². The van der Waals surface area contributed by atoms with Crippen molar-refractivity contribution in [1.29, 1.82) is 0 Å². The van der Waals surface area contributed by atoms with Crippen molar-refractivity contribution >= 4 is 5.97 Å². The standard InChI is InChI=1S/C21H30O2.C2H6/c1-3-5-6-16(4-2)17-9-11-19(12-10-17)23-21(22)20-14-15-7-8-18(20)13-15;1-2/h9-12,15-16,18,20H,3-8,13-14H2,1-2H3;1-2H3. The van der Waals surface area contributed by atoms with Gasteiger partial charge in [0.05, 0.1) is 5.92 Å². The minimum absolute atomic E-state index is 0.00275. The van der Waals surface area contributed by atoms with E-state index in [2.05, 4.69) is 26.0 Å². The normalized spacial score (nSPS) is 25.2. The van der Waals surface area contributed by atoms with Crippen LogP contribution in [0.2, 0.25) is 0 Å². The lowest BCUT2D eigenvalue weighted by molar-refractivity contribution is -0.140. The number of hydrogen-bond acceptors (Lipinski definition) is 2. The average Bonchev–Trinajstić information content (AvgIpc) is 3.29. The van der Waals surface area contributed by atoms with Crippen molar-refractivity contribution in [3.63, 3.8) is 0 Å². The topological polar surface area (TPSA) is 26.3 Å². The van der Waals surface area contributed by atoms with E-state index in [1.54, 1.807) is 0 Å². The van der Waals surface area contributed by atoms with E-state index in [-0.39, 0.29) is 11.9 Å². The van der Waals surface area contributed by atoms with Gasteiger partial charge in [-0.1, -0.05) is 59.1 Å². The Balaban J connectivity index is 0.00000109. The van der Waals surface area contributed by atoms with Crippen LogP contribution in [0.15, 0.2) is 24.3 Å². The van der Waals surface area contributed by atoms with Crippen LogP contribution in [0.1, 0.15) is 90.5 Å². The Morgan fingerprint density at radius 3 is 2.36 bits per heavy atom. The Morgan fingerprint density at radius 2 is 1.84 bits per heavy atom. The van der Waals surface area contributed by atoms with Crippen LogP contribution < -0.4 is 4.74 Å². The summed E-state index contributed by atoms with van der Waals surface area (Å²) in [5.41, 5.74) is 1.38. The first kappa shape index (κ1) is 20.0. The molecule has 0 saturated heterocycles. The number of unbranched alkanes of at least 4 members (excludes halogenated alkanes) is 1. The zero-order chi connectivity index (χ0) is 18.2. The molecule has 2 aliphatic rings. The molecule has 1 aromatic carbocycles. The number of rotatable bonds is 7. The fraction of sp³-hybridized carbons (Fsp3) is 0.696. The third-order valence-electron chi connectivity index (χ3n) is 6.01. The second-order valence-electron chi connectivity index (χ2n) is 7.52. The summed E-state index contributed by atoms with van der Waals surface area (Å²) < 4.78 is 5.66. The van der Waals surface area contributed by atoms with E-state index in [1.807, 2.05) is 26.0 Å². The summed E-state index contributed by atoms with van der Waals surface area (Å²) in [6, 6.07) is 8.25. The van der Waals surface area contributed by atoms with Gasteiger partial charge in [0, 0.05) is 0 Å². The Bertz CT molecular complexity index is 519. The van der Waals surface area contributed by atoms with Gasteiger partial charge in [-0.3, -0.25) is 4.79 Å². The lowest BCUT2D eigenvalue weighted by Crippen LogP contribution is -2.25. The molecule has 2 aliphatic carbocycles. The highest BCUT2D eigenvalue weighted by molar-refractivity contribution is 5.76. The molecular formula is C23H36O2. The van der Waals surface area contributed by atoms with E-state index in [0.717, 1.165) is 12.3 Å². The fourth-order valence-electron chi connectivity index (χ4n) is 4.59. The predicted octanol–water partition coefficient (Wildman–Crippen LogP) is 6.74. The number of benzene rings is 1. The lowest BCUT2D eigenvalue weighted by atomic mass is 9.89.